The highest BCUT2D eigenvalue weighted by molar-refractivity contribution is 5.96. The van der Waals surface area contributed by atoms with E-state index in [9.17, 15) is 9.59 Å². The lowest BCUT2D eigenvalue weighted by Gasteiger charge is -2.34. The Kier molecular flexibility index (Phi) is 4.32. The molecule has 5 nitrogen and oxygen atoms in total. The Bertz CT molecular complexity index is 314. The molecule has 0 aromatic rings. The van der Waals surface area contributed by atoms with Crippen molar-refractivity contribution in [2.45, 2.75) is 6.92 Å². The Labute approximate surface area is 95.0 Å². The third-order valence-electron chi connectivity index (χ3n) is 2.74. The van der Waals surface area contributed by atoms with Crippen LogP contribution in [-0.2, 0) is 9.59 Å². The van der Waals surface area contributed by atoms with E-state index in [1.54, 1.807) is 4.90 Å². The molecule has 0 saturated carbocycles. The number of carboxylic acids is 1. The number of rotatable bonds is 3. The molecule has 88 valence electrons. The smallest absolute Gasteiger partial charge is 0.315 e. The Hall–Kier alpha value is -1.54. The number of carboxylic acid groups (broad SMARTS) is 1. The molecule has 0 radical (unpaired) electrons. The number of hydrogen-bond acceptors (Lipinski definition) is 3. The molecule has 1 fully saturated rings. The minimum absolute atomic E-state index is 0.312. The average molecular weight is 224 g/mol. The summed E-state index contributed by atoms with van der Waals surface area (Å²) in [5.74, 6) is 0.206. The number of aliphatic carboxylic acids is 1. The fraction of sp³-hybridized carbons (Fsp3) is 0.636. The Morgan fingerprint density at radius 1 is 1.38 bits per heavy atom. The molecule has 1 amide bonds. The van der Waals surface area contributed by atoms with E-state index in [1.807, 2.05) is 0 Å². The van der Waals surface area contributed by atoms with Gasteiger partial charge in [0.25, 0.3) is 0 Å². The van der Waals surface area contributed by atoms with E-state index in [1.165, 1.54) is 6.92 Å². The summed E-state index contributed by atoms with van der Waals surface area (Å²) in [6.07, 6.45) is 5.19. The predicted molar refractivity (Wildman–Crippen MR) is 58.7 cm³/mol. The number of amides is 1. The molecule has 0 aliphatic carbocycles. The summed E-state index contributed by atoms with van der Waals surface area (Å²) in [6, 6.07) is 0. The van der Waals surface area contributed by atoms with Crippen molar-refractivity contribution >= 4 is 11.9 Å². The Morgan fingerprint density at radius 3 is 2.38 bits per heavy atom. The van der Waals surface area contributed by atoms with Gasteiger partial charge in [0, 0.05) is 26.2 Å². The van der Waals surface area contributed by atoms with Gasteiger partial charge in [-0.25, -0.2) is 0 Å². The third-order valence-corrected chi connectivity index (χ3v) is 2.74. The minimum Gasteiger partial charge on any atom is -0.481 e. The van der Waals surface area contributed by atoms with Crippen LogP contribution < -0.4 is 0 Å². The van der Waals surface area contributed by atoms with Crippen LogP contribution in [0.3, 0.4) is 0 Å². The van der Waals surface area contributed by atoms with Crippen molar-refractivity contribution in [3.63, 3.8) is 0 Å². The summed E-state index contributed by atoms with van der Waals surface area (Å²) < 4.78 is 0. The second-order valence-electron chi connectivity index (χ2n) is 3.87. The van der Waals surface area contributed by atoms with Crippen molar-refractivity contribution < 1.29 is 14.7 Å². The summed E-state index contributed by atoms with van der Waals surface area (Å²) in [7, 11) is 0. The average Bonchev–Trinajstić information content (AvgIpc) is 2.28. The molecule has 0 aromatic carbocycles. The van der Waals surface area contributed by atoms with Crippen LogP contribution in [-0.4, -0.2) is 59.5 Å². The molecule has 1 heterocycles. The van der Waals surface area contributed by atoms with Gasteiger partial charge in [0.15, 0.2) is 0 Å². The maximum Gasteiger partial charge on any atom is 0.315 e. The van der Waals surface area contributed by atoms with E-state index < -0.39 is 11.9 Å². The summed E-state index contributed by atoms with van der Waals surface area (Å²) in [6.45, 7) is 4.52. The summed E-state index contributed by atoms with van der Waals surface area (Å²) in [4.78, 5) is 26.0. The molecular formula is C11H16N2O3. The number of nitrogens with zero attached hydrogens (tertiary/aromatic N) is 2. The van der Waals surface area contributed by atoms with Crippen molar-refractivity contribution in [2.24, 2.45) is 5.92 Å². The summed E-state index contributed by atoms with van der Waals surface area (Å²) in [5, 5.41) is 8.73. The highest BCUT2D eigenvalue weighted by Crippen LogP contribution is 2.07. The van der Waals surface area contributed by atoms with Gasteiger partial charge in [0.2, 0.25) is 5.91 Å². The number of carbonyl (C=O) groups excluding carboxylic acids is 1. The molecule has 1 aliphatic rings. The van der Waals surface area contributed by atoms with E-state index in [-0.39, 0.29) is 5.91 Å². The standard InChI is InChI=1S/C11H16N2O3/c1-3-4-12-5-7-13(8-6-12)10(14)9(2)11(15)16/h1,9H,4-8H2,2H3,(H,15,16). The van der Waals surface area contributed by atoms with Gasteiger partial charge in [0.1, 0.15) is 5.92 Å². The molecule has 0 bridgehead atoms. The topological polar surface area (TPSA) is 60.9 Å². The Morgan fingerprint density at radius 2 is 1.94 bits per heavy atom. The van der Waals surface area contributed by atoms with E-state index in [0.717, 1.165) is 0 Å². The molecule has 1 unspecified atom stereocenters. The van der Waals surface area contributed by atoms with Crippen molar-refractivity contribution in [1.82, 2.24) is 9.80 Å². The van der Waals surface area contributed by atoms with Crippen LogP contribution in [0.25, 0.3) is 0 Å². The highest BCUT2D eigenvalue weighted by Gasteiger charge is 2.28. The van der Waals surface area contributed by atoms with Crippen LogP contribution in [0.4, 0.5) is 0 Å². The van der Waals surface area contributed by atoms with Crippen molar-refractivity contribution in [2.75, 3.05) is 32.7 Å². The van der Waals surface area contributed by atoms with E-state index in [2.05, 4.69) is 10.8 Å². The van der Waals surface area contributed by atoms with Gasteiger partial charge < -0.3 is 10.0 Å². The minimum atomic E-state index is -1.07. The molecule has 0 aromatic heterocycles. The molecule has 16 heavy (non-hydrogen) atoms. The summed E-state index contributed by atoms with van der Waals surface area (Å²) in [5.41, 5.74) is 0. The second-order valence-corrected chi connectivity index (χ2v) is 3.87. The number of terminal acetylenes is 1. The fourth-order valence-corrected chi connectivity index (χ4v) is 1.63. The molecule has 1 atom stereocenters. The quantitative estimate of drug-likeness (QED) is 0.518. The van der Waals surface area contributed by atoms with E-state index in [4.69, 9.17) is 11.5 Å². The molecule has 1 saturated heterocycles. The van der Waals surface area contributed by atoms with Gasteiger partial charge in [-0.2, -0.15) is 0 Å². The number of hydrogen-bond donors (Lipinski definition) is 1. The lowest BCUT2D eigenvalue weighted by Crippen LogP contribution is -2.50. The van der Waals surface area contributed by atoms with Gasteiger partial charge in [-0.1, -0.05) is 5.92 Å². The zero-order chi connectivity index (χ0) is 12.1. The zero-order valence-electron chi connectivity index (χ0n) is 9.35. The lowest BCUT2D eigenvalue weighted by atomic mass is 10.1. The summed E-state index contributed by atoms with van der Waals surface area (Å²) >= 11 is 0. The first-order chi connectivity index (χ1) is 7.56. The van der Waals surface area contributed by atoms with Gasteiger partial charge in [0.05, 0.1) is 6.54 Å². The Balaban J connectivity index is 2.45. The SMILES string of the molecule is C#CCN1CCN(C(=O)C(C)C(=O)O)CC1. The second kappa shape index (κ2) is 5.52. The van der Waals surface area contributed by atoms with E-state index in [0.29, 0.717) is 32.7 Å². The van der Waals surface area contributed by atoms with Crippen molar-refractivity contribution in [3.8, 4) is 12.3 Å². The molecular weight excluding hydrogens is 208 g/mol. The van der Waals surface area contributed by atoms with Crippen LogP contribution >= 0.6 is 0 Å². The van der Waals surface area contributed by atoms with Crippen molar-refractivity contribution in [3.05, 3.63) is 0 Å². The van der Waals surface area contributed by atoms with Crippen molar-refractivity contribution in [1.29, 1.82) is 0 Å². The van der Waals surface area contributed by atoms with Crippen LogP contribution in [0.2, 0.25) is 0 Å². The van der Waals surface area contributed by atoms with Gasteiger partial charge in [-0.05, 0) is 6.92 Å². The van der Waals surface area contributed by atoms with Gasteiger partial charge in [-0.15, -0.1) is 6.42 Å². The number of piperazine rings is 1. The molecule has 1 rings (SSSR count). The van der Waals surface area contributed by atoms with Gasteiger partial charge in [-0.3, -0.25) is 14.5 Å². The largest absolute Gasteiger partial charge is 0.481 e. The zero-order valence-corrected chi connectivity index (χ0v) is 9.35. The monoisotopic (exact) mass is 224 g/mol. The molecule has 0 spiro atoms. The highest BCUT2D eigenvalue weighted by atomic mass is 16.4. The first-order valence-electron chi connectivity index (χ1n) is 5.23. The fourth-order valence-electron chi connectivity index (χ4n) is 1.63. The molecule has 1 aliphatic heterocycles. The van der Waals surface area contributed by atoms with Crippen LogP contribution in [0.15, 0.2) is 0 Å². The van der Waals surface area contributed by atoms with E-state index >= 15 is 0 Å². The maximum atomic E-state index is 11.7. The molecule has 1 N–H and O–H groups in total. The molecule has 5 heteroatoms. The van der Waals surface area contributed by atoms with Crippen LogP contribution in [0, 0.1) is 18.3 Å². The number of carbonyl (C=O) groups is 2. The predicted octanol–water partition coefficient (Wildman–Crippen LogP) is -0.515. The third kappa shape index (κ3) is 2.97. The first kappa shape index (κ1) is 12.5. The normalized spacial score (nSPS) is 18.9. The van der Waals surface area contributed by atoms with Crippen LogP contribution in [0.1, 0.15) is 6.92 Å². The first-order valence-corrected chi connectivity index (χ1v) is 5.23. The van der Waals surface area contributed by atoms with Crippen LogP contribution in [0.5, 0.6) is 0 Å². The lowest BCUT2D eigenvalue weighted by molar-refractivity contribution is -0.151. The maximum absolute atomic E-state index is 11.7. The van der Waals surface area contributed by atoms with Gasteiger partial charge >= 0.3 is 5.97 Å².